The Bertz CT molecular complexity index is 1170. The molecule has 0 spiro atoms. The molecule has 156 valence electrons. The molecule has 0 aliphatic carbocycles. The first kappa shape index (κ1) is 20.3. The van der Waals surface area contributed by atoms with Gasteiger partial charge in [0.15, 0.2) is 0 Å². The minimum Gasteiger partial charge on any atom is -0.497 e. The number of carbonyl (C=O) groups is 1. The quantitative estimate of drug-likeness (QED) is 0.493. The summed E-state index contributed by atoms with van der Waals surface area (Å²) >= 11 is 0. The van der Waals surface area contributed by atoms with Crippen LogP contribution in [0.5, 0.6) is 5.75 Å². The second-order valence-corrected chi connectivity index (χ2v) is 7.22. The van der Waals surface area contributed by atoms with E-state index < -0.39 is 0 Å². The number of ether oxygens (including phenoxy) is 1. The Morgan fingerprint density at radius 3 is 2.58 bits per heavy atom. The molecular weight excluding hydrogens is 388 g/mol. The van der Waals surface area contributed by atoms with E-state index in [4.69, 9.17) is 9.84 Å². The third-order valence-corrected chi connectivity index (χ3v) is 4.97. The number of nitrogens with one attached hydrogen (secondary N) is 1. The van der Waals surface area contributed by atoms with Crippen LogP contribution in [0.3, 0.4) is 0 Å². The number of carbonyl (C=O) groups excluding carboxylic acids is 1. The Labute approximate surface area is 181 Å². The Hall–Kier alpha value is -3.93. The van der Waals surface area contributed by atoms with E-state index in [0.29, 0.717) is 18.7 Å². The number of methoxy groups -OCH3 is 1. The van der Waals surface area contributed by atoms with Crippen LogP contribution in [-0.2, 0) is 6.42 Å². The first-order valence-electron chi connectivity index (χ1n) is 10.1. The van der Waals surface area contributed by atoms with E-state index in [9.17, 15) is 4.79 Å². The number of nitrogens with zero attached hydrogens (tertiary/aromatic N) is 3. The fraction of sp³-hybridized carbons (Fsp3) is 0.160. The van der Waals surface area contributed by atoms with Crippen LogP contribution in [0.15, 0.2) is 79.0 Å². The zero-order chi connectivity index (χ0) is 21.6. The summed E-state index contributed by atoms with van der Waals surface area (Å²) in [6, 6.07) is 23.2. The van der Waals surface area contributed by atoms with E-state index in [0.717, 1.165) is 34.0 Å². The lowest BCUT2D eigenvalue weighted by Crippen LogP contribution is -2.28. The van der Waals surface area contributed by atoms with Gasteiger partial charge in [0.25, 0.3) is 5.91 Å². The van der Waals surface area contributed by atoms with Gasteiger partial charge in [-0.05, 0) is 67.1 Å². The molecule has 0 unspecified atom stereocenters. The maximum absolute atomic E-state index is 13.0. The Morgan fingerprint density at radius 2 is 1.87 bits per heavy atom. The highest BCUT2D eigenvalue weighted by atomic mass is 16.5. The van der Waals surface area contributed by atoms with Crippen LogP contribution in [0.4, 0.5) is 0 Å². The summed E-state index contributed by atoms with van der Waals surface area (Å²) in [5.41, 5.74) is 5.00. The van der Waals surface area contributed by atoms with Crippen molar-refractivity contribution in [3.05, 3.63) is 95.9 Å². The van der Waals surface area contributed by atoms with Gasteiger partial charge in [0.05, 0.1) is 18.5 Å². The summed E-state index contributed by atoms with van der Waals surface area (Å²) < 4.78 is 6.94. The smallest absolute Gasteiger partial charge is 0.270 e. The minimum absolute atomic E-state index is 0.176. The van der Waals surface area contributed by atoms with Crippen LogP contribution in [0.2, 0.25) is 0 Å². The van der Waals surface area contributed by atoms with Crippen molar-refractivity contribution >= 4 is 5.91 Å². The molecule has 2 heterocycles. The summed E-state index contributed by atoms with van der Waals surface area (Å²) in [7, 11) is 1.63. The molecule has 1 N–H and O–H groups in total. The zero-order valence-corrected chi connectivity index (χ0v) is 17.6. The maximum Gasteiger partial charge on any atom is 0.270 e. The van der Waals surface area contributed by atoms with Gasteiger partial charge < -0.3 is 10.1 Å². The van der Waals surface area contributed by atoms with Crippen LogP contribution in [0.1, 0.15) is 21.7 Å². The zero-order valence-electron chi connectivity index (χ0n) is 17.6. The van der Waals surface area contributed by atoms with Gasteiger partial charge in [0.2, 0.25) is 0 Å². The number of aryl methyl sites for hydroxylation is 1. The van der Waals surface area contributed by atoms with Crippen molar-refractivity contribution in [3.8, 4) is 22.7 Å². The lowest BCUT2D eigenvalue weighted by Gasteiger charge is -2.09. The number of benzene rings is 2. The third-order valence-electron chi connectivity index (χ3n) is 4.97. The number of hydrogen-bond donors (Lipinski definition) is 1. The third kappa shape index (κ3) is 4.80. The standard InChI is InChI=1S/C25H24N4O2/c1-18-6-5-8-21(16-18)29-24(25(30)27-15-13-20-7-3-4-14-26-20)17-23(28-29)19-9-11-22(31-2)12-10-19/h3-12,14,16-17H,13,15H2,1-2H3,(H,27,30). The molecule has 6 nitrogen and oxygen atoms in total. The monoisotopic (exact) mass is 412 g/mol. The number of pyridine rings is 1. The van der Waals surface area contributed by atoms with Gasteiger partial charge in [-0.3, -0.25) is 9.78 Å². The number of hydrogen-bond acceptors (Lipinski definition) is 4. The van der Waals surface area contributed by atoms with E-state index >= 15 is 0 Å². The molecule has 1 amide bonds. The average molecular weight is 412 g/mol. The molecule has 4 rings (SSSR count). The van der Waals surface area contributed by atoms with Crippen molar-refractivity contribution in [3.63, 3.8) is 0 Å². The predicted molar refractivity (Wildman–Crippen MR) is 121 cm³/mol. The largest absolute Gasteiger partial charge is 0.497 e. The van der Waals surface area contributed by atoms with Crippen LogP contribution < -0.4 is 10.1 Å². The first-order chi connectivity index (χ1) is 15.1. The average Bonchev–Trinajstić information content (AvgIpc) is 3.25. The minimum atomic E-state index is -0.176. The van der Waals surface area contributed by atoms with Crippen molar-refractivity contribution in [2.75, 3.05) is 13.7 Å². The van der Waals surface area contributed by atoms with Gasteiger partial charge in [-0.15, -0.1) is 0 Å². The van der Waals surface area contributed by atoms with Gasteiger partial charge in [0.1, 0.15) is 11.4 Å². The van der Waals surface area contributed by atoms with Crippen molar-refractivity contribution in [1.29, 1.82) is 0 Å². The molecule has 0 aliphatic rings. The van der Waals surface area contributed by atoms with Crippen LogP contribution in [0.25, 0.3) is 16.9 Å². The molecule has 0 aliphatic heterocycles. The predicted octanol–water partition coefficient (Wildman–Crippen LogP) is 4.22. The number of rotatable bonds is 7. The number of aromatic nitrogens is 3. The lowest BCUT2D eigenvalue weighted by atomic mass is 10.1. The molecule has 0 radical (unpaired) electrons. The molecule has 2 aromatic heterocycles. The van der Waals surface area contributed by atoms with Crippen LogP contribution in [0, 0.1) is 6.92 Å². The summed E-state index contributed by atoms with van der Waals surface area (Å²) in [6.45, 7) is 2.51. The van der Waals surface area contributed by atoms with Gasteiger partial charge in [-0.2, -0.15) is 5.10 Å². The molecule has 2 aromatic carbocycles. The van der Waals surface area contributed by atoms with E-state index in [2.05, 4.69) is 10.3 Å². The van der Waals surface area contributed by atoms with Crippen molar-refractivity contribution in [2.45, 2.75) is 13.3 Å². The topological polar surface area (TPSA) is 69.0 Å². The van der Waals surface area contributed by atoms with Crippen molar-refractivity contribution in [1.82, 2.24) is 20.1 Å². The maximum atomic E-state index is 13.0. The summed E-state index contributed by atoms with van der Waals surface area (Å²) in [6.07, 6.45) is 2.42. The molecule has 0 bridgehead atoms. The van der Waals surface area contributed by atoms with Gasteiger partial charge in [-0.1, -0.05) is 18.2 Å². The molecule has 0 saturated heterocycles. The summed E-state index contributed by atoms with van der Waals surface area (Å²) in [4.78, 5) is 17.3. The molecule has 6 heteroatoms. The second-order valence-electron chi connectivity index (χ2n) is 7.22. The summed E-state index contributed by atoms with van der Waals surface area (Å²) in [5.74, 6) is 0.596. The summed E-state index contributed by atoms with van der Waals surface area (Å²) in [5, 5.41) is 7.73. The Morgan fingerprint density at radius 1 is 1.03 bits per heavy atom. The fourth-order valence-electron chi connectivity index (χ4n) is 3.34. The van der Waals surface area contributed by atoms with Crippen LogP contribution in [-0.4, -0.2) is 34.3 Å². The highest BCUT2D eigenvalue weighted by Gasteiger charge is 2.17. The highest BCUT2D eigenvalue weighted by Crippen LogP contribution is 2.24. The van der Waals surface area contributed by atoms with E-state index in [1.807, 2.05) is 79.7 Å². The first-order valence-corrected chi connectivity index (χ1v) is 10.1. The molecule has 0 atom stereocenters. The van der Waals surface area contributed by atoms with Crippen molar-refractivity contribution < 1.29 is 9.53 Å². The van der Waals surface area contributed by atoms with E-state index in [1.54, 1.807) is 18.0 Å². The second kappa shape index (κ2) is 9.26. The van der Waals surface area contributed by atoms with E-state index in [-0.39, 0.29) is 5.91 Å². The molecule has 0 saturated carbocycles. The van der Waals surface area contributed by atoms with Crippen molar-refractivity contribution in [2.24, 2.45) is 0 Å². The van der Waals surface area contributed by atoms with Crippen LogP contribution >= 0.6 is 0 Å². The SMILES string of the molecule is COc1ccc(-c2cc(C(=O)NCCc3ccccn3)n(-c3cccc(C)c3)n2)cc1. The molecule has 0 fully saturated rings. The van der Waals surface area contributed by atoms with Gasteiger partial charge in [-0.25, -0.2) is 4.68 Å². The molecule has 4 aromatic rings. The van der Waals surface area contributed by atoms with E-state index in [1.165, 1.54) is 0 Å². The van der Waals surface area contributed by atoms with Gasteiger partial charge in [0, 0.05) is 30.4 Å². The fourth-order valence-corrected chi connectivity index (χ4v) is 3.34. The normalized spacial score (nSPS) is 10.6. The molecule has 31 heavy (non-hydrogen) atoms. The lowest BCUT2D eigenvalue weighted by molar-refractivity contribution is 0.0946. The number of amides is 1. The Kier molecular flexibility index (Phi) is 6.08. The molecular formula is C25H24N4O2. The Balaban J connectivity index is 1.62. The highest BCUT2D eigenvalue weighted by molar-refractivity contribution is 5.94. The van der Waals surface area contributed by atoms with Gasteiger partial charge >= 0.3 is 0 Å².